The molecule has 26 heavy (non-hydrogen) atoms. The van der Waals surface area contributed by atoms with Crippen molar-refractivity contribution in [2.75, 3.05) is 18.8 Å². The number of amides is 1. The highest BCUT2D eigenvalue weighted by atomic mass is 16.3. The molecule has 0 spiro atoms. The highest BCUT2D eigenvalue weighted by Gasteiger charge is 2.17. The Hall–Kier alpha value is -3.33. The maximum atomic E-state index is 11.8. The second kappa shape index (κ2) is 7.70. The second-order valence-electron chi connectivity index (χ2n) is 5.96. The molecule has 0 saturated carbocycles. The standard InChI is InChI=1S/C20H20N4O2/c1-2-19(26)24-10-8-15(9-11-24)18-13-22-20(21)17(23-18)7-6-14-4-3-5-16(25)12-14/h3-5,8,12-13,25H,2,9-11H2,1H3,(H2,21,22). The summed E-state index contributed by atoms with van der Waals surface area (Å²) in [5, 5.41) is 9.50. The summed E-state index contributed by atoms with van der Waals surface area (Å²) in [4.78, 5) is 22.3. The van der Waals surface area contributed by atoms with Crippen LogP contribution in [-0.2, 0) is 4.79 Å². The summed E-state index contributed by atoms with van der Waals surface area (Å²) in [5.74, 6) is 6.43. The number of phenolic OH excluding ortho intramolecular Hbond substituents is 1. The van der Waals surface area contributed by atoms with E-state index in [-0.39, 0.29) is 17.5 Å². The van der Waals surface area contributed by atoms with E-state index in [4.69, 9.17) is 5.73 Å². The topological polar surface area (TPSA) is 92.3 Å². The van der Waals surface area contributed by atoms with Crippen LogP contribution in [0.5, 0.6) is 5.75 Å². The smallest absolute Gasteiger partial charge is 0.222 e. The van der Waals surface area contributed by atoms with E-state index < -0.39 is 0 Å². The highest BCUT2D eigenvalue weighted by Crippen LogP contribution is 2.22. The van der Waals surface area contributed by atoms with Gasteiger partial charge >= 0.3 is 0 Å². The van der Waals surface area contributed by atoms with E-state index in [0.717, 1.165) is 17.7 Å². The van der Waals surface area contributed by atoms with Crippen LogP contribution >= 0.6 is 0 Å². The molecule has 1 aliphatic heterocycles. The number of nitrogens with zero attached hydrogens (tertiary/aromatic N) is 3. The van der Waals surface area contributed by atoms with Gasteiger partial charge in [0.05, 0.1) is 11.9 Å². The van der Waals surface area contributed by atoms with Crippen LogP contribution in [0.1, 0.15) is 36.7 Å². The van der Waals surface area contributed by atoms with Crippen molar-refractivity contribution >= 4 is 17.3 Å². The fraction of sp³-hybridized carbons (Fsp3) is 0.250. The van der Waals surface area contributed by atoms with Crippen molar-refractivity contribution in [3.63, 3.8) is 0 Å². The lowest BCUT2D eigenvalue weighted by atomic mass is 10.0. The number of rotatable bonds is 2. The first-order chi connectivity index (χ1) is 12.6. The minimum Gasteiger partial charge on any atom is -0.508 e. The Morgan fingerprint density at radius 2 is 2.23 bits per heavy atom. The number of benzene rings is 1. The van der Waals surface area contributed by atoms with Gasteiger partial charge in [0, 0.05) is 25.1 Å². The van der Waals surface area contributed by atoms with E-state index in [0.29, 0.717) is 30.8 Å². The molecule has 0 radical (unpaired) electrons. The predicted molar refractivity (Wildman–Crippen MR) is 100.0 cm³/mol. The number of hydrogen-bond acceptors (Lipinski definition) is 5. The van der Waals surface area contributed by atoms with Crippen LogP contribution in [0.15, 0.2) is 36.5 Å². The molecule has 6 nitrogen and oxygen atoms in total. The molecule has 0 unspecified atom stereocenters. The zero-order valence-corrected chi connectivity index (χ0v) is 14.6. The molecule has 0 saturated heterocycles. The molecule has 0 fully saturated rings. The average molecular weight is 348 g/mol. The molecule has 6 heteroatoms. The number of nitrogen functional groups attached to an aromatic ring is 1. The fourth-order valence-corrected chi connectivity index (χ4v) is 2.71. The first kappa shape index (κ1) is 17.5. The van der Waals surface area contributed by atoms with E-state index in [1.165, 1.54) is 0 Å². The Bertz CT molecular complexity index is 925. The predicted octanol–water partition coefficient (Wildman–Crippen LogP) is 2.19. The third-order valence-corrected chi connectivity index (χ3v) is 4.17. The van der Waals surface area contributed by atoms with Crippen molar-refractivity contribution in [2.24, 2.45) is 0 Å². The van der Waals surface area contributed by atoms with E-state index in [1.807, 2.05) is 17.9 Å². The van der Waals surface area contributed by atoms with Crippen LogP contribution in [0, 0.1) is 11.8 Å². The van der Waals surface area contributed by atoms with Gasteiger partial charge in [-0.05, 0) is 36.1 Å². The number of anilines is 1. The van der Waals surface area contributed by atoms with Crippen LogP contribution in [0.25, 0.3) is 5.57 Å². The minimum absolute atomic E-state index is 0.154. The van der Waals surface area contributed by atoms with Crippen LogP contribution < -0.4 is 5.73 Å². The lowest BCUT2D eigenvalue weighted by Gasteiger charge is -2.26. The highest BCUT2D eigenvalue weighted by molar-refractivity contribution is 5.77. The summed E-state index contributed by atoms with van der Waals surface area (Å²) in [6.45, 7) is 3.12. The van der Waals surface area contributed by atoms with Crippen molar-refractivity contribution < 1.29 is 9.90 Å². The lowest BCUT2D eigenvalue weighted by Crippen LogP contribution is -2.34. The maximum absolute atomic E-state index is 11.8. The molecule has 0 aliphatic carbocycles. The molecule has 1 aromatic carbocycles. The Kier molecular flexibility index (Phi) is 5.18. The quantitative estimate of drug-likeness (QED) is 0.812. The van der Waals surface area contributed by atoms with E-state index in [2.05, 4.69) is 21.8 Å². The molecule has 1 aliphatic rings. The van der Waals surface area contributed by atoms with Crippen LogP contribution in [0.3, 0.4) is 0 Å². The molecule has 3 rings (SSSR count). The molecular weight excluding hydrogens is 328 g/mol. The Morgan fingerprint density at radius 3 is 2.92 bits per heavy atom. The van der Waals surface area contributed by atoms with Gasteiger partial charge in [0.15, 0.2) is 11.5 Å². The first-order valence-corrected chi connectivity index (χ1v) is 8.47. The minimum atomic E-state index is 0.154. The number of carbonyl (C=O) groups excluding carboxylic acids is 1. The molecule has 2 heterocycles. The average Bonchev–Trinajstić information content (AvgIpc) is 2.67. The van der Waals surface area contributed by atoms with Crippen molar-refractivity contribution in [3.05, 3.63) is 53.5 Å². The van der Waals surface area contributed by atoms with E-state index >= 15 is 0 Å². The van der Waals surface area contributed by atoms with Crippen molar-refractivity contribution in [1.82, 2.24) is 14.9 Å². The van der Waals surface area contributed by atoms with Crippen molar-refractivity contribution in [2.45, 2.75) is 19.8 Å². The summed E-state index contributed by atoms with van der Waals surface area (Å²) >= 11 is 0. The molecule has 3 N–H and O–H groups in total. The summed E-state index contributed by atoms with van der Waals surface area (Å²) in [7, 11) is 0. The molecular formula is C20H20N4O2. The summed E-state index contributed by atoms with van der Waals surface area (Å²) in [6, 6.07) is 6.68. The Labute approximate surface area is 152 Å². The number of phenols is 1. The van der Waals surface area contributed by atoms with Crippen molar-refractivity contribution in [3.8, 4) is 17.6 Å². The van der Waals surface area contributed by atoms with Crippen LogP contribution in [0.2, 0.25) is 0 Å². The third kappa shape index (κ3) is 4.01. The normalized spacial score (nSPS) is 13.6. The monoisotopic (exact) mass is 348 g/mol. The summed E-state index contributed by atoms with van der Waals surface area (Å²) < 4.78 is 0. The molecule has 0 atom stereocenters. The van der Waals surface area contributed by atoms with Crippen LogP contribution in [0.4, 0.5) is 5.82 Å². The largest absolute Gasteiger partial charge is 0.508 e. The number of aromatic nitrogens is 2. The number of hydrogen-bond donors (Lipinski definition) is 2. The summed E-state index contributed by atoms with van der Waals surface area (Å²) in [5.41, 5.74) is 8.73. The van der Waals surface area contributed by atoms with Gasteiger partial charge in [-0.3, -0.25) is 4.79 Å². The lowest BCUT2D eigenvalue weighted by molar-refractivity contribution is -0.130. The fourth-order valence-electron chi connectivity index (χ4n) is 2.71. The summed E-state index contributed by atoms with van der Waals surface area (Å²) in [6.07, 6.45) is 4.88. The van der Waals surface area contributed by atoms with Gasteiger partial charge in [-0.15, -0.1) is 0 Å². The molecule has 2 aromatic rings. The third-order valence-electron chi connectivity index (χ3n) is 4.17. The zero-order valence-electron chi connectivity index (χ0n) is 14.6. The number of carbonyl (C=O) groups is 1. The molecule has 0 bridgehead atoms. The number of aromatic hydroxyl groups is 1. The molecule has 1 aromatic heterocycles. The maximum Gasteiger partial charge on any atom is 0.222 e. The first-order valence-electron chi connectivity index (χ1n) is 8.47. The Balaban J connectivity index is 1.83. The molecule has 1 amide bonds. The van der Waals surface area contributed by atoms with Crippen molar-refractivity contribution in [1.29, 1.82) is 0 Å². The number of nitrogens with two attached hydrogens (primary N) is 1. The van der Waals surface area contributed by atoms with Gasteiger partial charge in [-0.1, -0.05) is 25.0 Å². The van der Waals surface area contributed by atoms with Gasteiger partial charge < -0.3 is 15.7 Å². The van der Waals surface area contributed by atoms with Gasteiger partial charge in [0.2, 0.25) is 5.91 Å². The SMILES string of the molecule is CCC(=O)N1CC=C(c2cnc(N)c(C#Cc3cccc(O)c3)n2)CC1. The van der Waals surface area contributed by atoms with Gasteiger partial charge in [-0.2, -0.15) is 0 Å². The van der Waals surface area contributed by atoms with Crippen LogP contribution in [-0.4, -0.2) is 39.0 Å². The van der Waals surface area contributed by atoms with E-state index in [1.54, 1.807) is 30.5 Å². The molecule has 132 valence electrons. The van der Waals surface area contributed by atoms with E-state index in [9.17, 15) is 9.90 Å². The zero-order chi connectivity index (χ0) is 18.5. The van der Waals surface area contributed by atoms with Gasteiger partial charge in [-0.25, -0.2) is 9.97 Å². The second-order valence-corrected chi connectivity index (χ2v) is 5.96. The van der Waals surface area contributed by atoms with Gasteiger partial charge in [0.25, 0.3) is 0 Å². The Morgan fingerprint density at radius 1 is 1.38 bits per heavy atom. The van der Waals surface area contributed by atoms with Gasteiger partial charge in [0.1, 0.15) is 5.75 Å².